The Bertz CT molecular complexity index is 136. The molecule has 1 heterocycles. The van der Waals surface area contributed by atoms with Crippen molar-refractivity contribution < 1.29 is 4.74 Å². The van der Waals surface area contributed by atoms with Crippen molar-refractivity contribution in [2.24, 2.45) is 5.92 Å². The normalized spacial score (nSPS) is 38.5. The molecule has 0 radical (unpaired) electrons. The predicted octanol–water partition coefficient (Wildman–Crippen LogP) is 2.90. The fourth-order valence-electron chi connectivity index (χ4n) is 1.16. The Morgan fingerprint density at radius 2 is 2.27 bits per heavy atom. The molecule has 0 saturated carbocycles. The van der Waals surface area contributed by atoms with Gasteiger partial charge in [-0.3, -0.25) is 0 Å². The lowest BCUT2D eigenvalue weighted by atomic mass is 10.1. The molecule has 0 amide bonds. The Hall–Kier alpha value is 0.310. The standard InChI is InChI=1S/C9H18OS/c1-5-8-6-11-9(4,10-8)7(2)3/h7-8H,5-6H2,1-4H3. The number of hydrogen-bond donors (Lipinski definition) is 0. The minimum absolute atomic E-state index is 0.0840. The van der Waals surface area contributed by atoms with Crippen LogP contribution in [0, 0.1) is 5.92 Å². The molecule has 2 heteroatoms. The summed E-state index contributed by atoms with van der Waals surface area (Å²) in [7, 11) is 0. The maximum atomic E-state index is 5.92. The van der Waals surface area contributed by atoms with Crippen LogP contribution in [0.25, 0.3) is 0 Å². The van der Waals surface area contributed by atoms with E-state index in [1.54, 1.807) is 0 Å². The number of thioether (sulfide) groups is 1. The van der Waals surface area contributed by atoms with Gasteiger partial charge in [-0.1, -0.05) is 20.8 Å². The molecule has 0 bridgehead atoms. The molecule has 1 rings (SSSR count). The Morgan fingerprint density at radius 3 is 2.55 bits per heavy atom. The molecule has 1 fully saturated rings. The summed E-state index contributed by atoms with van der Waals surface area (Å²) in [6, 6.07) is 0. The van der Waals surface area contributed by atoms with Crippen LogP contribution in [-0.2, 0) is 4.74 Å². The lowest BCUT2D eigenvalue weighted by molar-refractivity contribution is -0.0234. The van der Waals surface area contributed by atoms with Crippen molar-refractivity contribution in [3.05, 3.63) is 0 Å². The third kappa shape index (κ3) is 1.91. The second kappa shape index (κ2) is 3.36. The van der Waals surface area contributed by atoms with E-state index >= 15 is 0 Å². The van der Waals surface area contributed by atoms with Crippen molar-refractivity contribution in [1.82, 2.24) is 0 Å². The molecular weight excluding hydrogens is 156 g/mol. The summed E-state index contributed by atoms with van der Waals surface area (Å²) in [5.74, 6) is 1.79. The van der Waals surface area contributed by atoms with Crippen LogP contribution < -0.4 is 0 Å². The highest BCUT2D eigenvalue weighted by atomic mass is 32.2. The van der Waals surface area contributed by atoms with E-state index in [9.17, 15) is 0 Å². The van der Waals surface area contributed by atoms with E-state index < -0.39 is 0 Å². The second-order valence-corrected chi connectivity index (χ2v) is 5.06. The van der Waals surface area contributed by atoms with Gasteiger partial charge in [-0.25, -0.2) is 0 Å². The van der Waals surface area contributed by atoms with E-state index in [1.165, 1.54) is 5.75 Å². The fourth-order valence-corrected chi connectivity index (χ4v) is 2.52. The topological polar surface area (TPSA) is 9.23 Å². The van der Waals surface area contributed by atoms with Crippen LogP contribution in [-0.4, -0.2) is 16.8 Å². The second-order valence-electron chi connectivity index (χ2n) is 3.63. The maximum Gasteiger partial charge on any atom is 0.113 e. The summed E-state index contributed by atoms with van der Waals surface area (Å²) in [4.78, 5) is 0.0840. The van der Waals surface area contributed by atoms with Gasteiger partial charge in [-0.15, -0.1) is 11.8 Å². The number of hydrogen-bond acceptors (Lipinski definition) is 2. The van der Waals surface area contributed by atoms with Gasteiger partial charge in [0.05, 0.1) is 6.10 Å². The molecule has 66 valence electrons. The first-order valence-electron chi connectivity index (χ1n) is 4.40. The molecular formula is C9H18OS. The highest BCUT2D eigenvalue weighted by molar-refractivity contribution is 8.00. The molecule has 1 nitrogen and oxygen atoms in total. The SMILES string of the molecule is CCC1CSC(C)(C(C)C)O1. The minimum Gasteiger partial charge on any atom is -0.360 e. The Labute approximate surface area is 73.9 Å². The number of rotatable bonds is 2. The quantitative estimate of drug-likeness (QED) is 0.636. The first kappa shape index (κ1) is 9.40. The van der Waals surface area contributed by atoms with Crippen LogP contribution in [0.15, 0.2) is 0 Å². The van der Waals surface area contributed by atoms with Crippen molar-refractivity contribution in [2.45, 2.75) is 45.2 Å². The molecule has 2 atom stereocenters. The molecule has 0 aromatic carbocycles. The van der Waals surface area contributed by atoms with Crippen molar-refractivity contribution >= 4 is 11.8 Å². The van der Waals surface area contributed by atoms with Crippen LogP contribution in [0.5, 0.6) is 0 Å². The molecule has 0 N–H and O–H groups in total. The molecule has 0 aliphatic carbocycles. The van der Waals surface area contributed by atoms with Crippen LogP contribution in [0.3, 0.4) is 0 Å². The molecule has 0 spiro atoms. The van der Waals surface area contributed by atoms with E-state index in [-0.39, 0.29) is 4.93 Å². The van der Waals surface area contributed by atoms with Gasteiger partial charge < -0.3 is 4.74 Å². The summed E-state index contributed by atoms with van der Waals surface area (Å²) in [6.45, 7) is 8.85. The zero-order chi connectivity index (χ0) is 8.48. The monoisotopic (exact) mass is 174 g/mol. The van der Waals surface area contributed by atoms with E-state index in [0.717, 1.165) is 6.42 Å². The molecule has 1 aliphatic rings. The molecule has 1 aliphatic heterocycles. The van der Waals surface area contributed by atoms with Gasteiger partial charge in [0.25, 0.3) is 0 Å². The predicted molar refractivity (Wildman–Crippen MR) is 50.9 cm³/mol. The lowest BCUT2D eigenvalue weighted by Gasteiger charge is -2.27. The summed E-state index contributed by atoms with van der Waals surface area (Å²) in [6.07, 6.45) is 1.64. The molecule has 0 aromatic rings. The van der Waals surface area contributed by atoms with Gasteiger partial charge in [0, 0.05) is 5.75 Å². The zero-order valence-electron chi connectivity index (χ0n) is 7.89. The van der Waals surface area contributed by atoms with Gasteiger partial charge in [0.2, 0.25) is 0 Å². The van der Waals surface area contributed by atoms with Gasteiger partial charge >= 0.3 is 0 Å². The molecule has 2 unspecified atom stereocenters. The van der Waals surface area contributed by atoms with E-state index in [0.29, 0.717) is 12.0 Å². The Morgan fingerprint density at radius 1 is 1.64 bits per heavy atom. The Kier molecular flexibility index (Phi) is 2.87. The van der Waals surface area contributed by atoms with Crippen molar-refractivity contribution in [3.63, 3.8) is 0 Å². The summed E-state index contributed by atoms with van der Waals surface area (Å²) in [5, 5.41) is 0. The summed E-state index contributed by atoms with van der Waals surface area (Å²) in [5.41, 5.74) is 0. The molecule has 0 aromatic heterocycles. The molecule has 1 saturated heterocycles. The largest absolute Gasteiger partial charge is 0.360 e. The van der Waals surface area contributed by atoms with Crippen LogP contribution >= 0.6 is 11.8 Å². The van der Waals surface area contributed by atoms with E-state index in [2.05, 4.69) is 27.7 Å². The first-order chi connectivity index (χ1) is 5.08. The molecule has 11 heavy (non-hydrogen) atoms. The average Bonchev–Trinajstić information content (AvgIpc) is 2.33. The van der Waals surface area contributed by atoms with Crippen molar-refractivity contribution in [3.8, 4) is 0 Å². The summed E-state index contributed by atoms with van der Waals surface area (Å²) < 4.78 is 5.92. The van der Waals surface area contributed by atoms with Gasteiger partial charge in [0.1, 0.15) is 4.93 Å². The van der Waals surface area contributed by atoms with Gasteiger partial charge in [0.15, 0.2) is 0 Å². The minimum atomic E-state index is 0.0840. The maximum absolute atomic E-state index is 5.92. The zero-order valence-corrected chi connectivity index (χ0v) is 8.70. The van der Waals surface area contributed by atoms with E-state index in [1.807, 2.05) is 11.8 Å². The average molecular weight is 174 g/mol. The number of ether oxygens (including phenoxy) is 1. The highest BCUT2D eigenvalue weighted by Gasteiger charge is 2.38. The van der Waals surface area contributed by atoms with Gasteiger partial charge in [-0.05, 0) is 19.3 Å². The fraction of sp³-hybridized carbons (Fsp3) is 1.00. The first-order valence-corrected chi connectivity index (χ1v) is 5.39. The Balaban J connectivity index is 2.50. The van der Waals surface area contributed by atoms with Crippen LogP contribution in [0.1, 0.15) is 34.1 Å². The smallest absolute Gasteiger partial charge is 0.113 e. The van der Waals surface area contributed by atoms with Gasteiger partial charge in [-0.2, -0.15) is 0 Å². The highest BCUT2D eigenvalue weighted by Crippen LogP contribution is 2.42. The third-order valence-electron chi connectivity index (χ3n) is 2.46. The van der Waals surface area contributed by atoms with E-state index in [4.69, 9.17) is 4.74 Å². The van der Waals surface area contributed by atoms with Crippen LogP contribution in [0.4, 0.5) is 0 Å². The van der Waals surface area contributed by atoms with Crippen molar-refractivity contribution in [2.75, 3.05) is 5.75 Å². The van der Waals surface area contributed by atoms with Crippen molar-refractivity contribution in [1.29, 1.82) is 0 Å². The summed E-state index contributed by atoms with van der Waals surface area (Å²) >= 11 is 1.96. The third-order valence-corrected chi connectivity index (χ3v) is 4.14. The lowest BCUT2D eigenvalue weighted by Crippen LogP contribution is -2.28. The van der Waals surface area contributed by atoms with Crippen LogP contribution in [0.2, 0.25) is 0 Å².